The molecule has 1 rings (SSSR count). The van der Waals surface area contributed by atoms with Crippen LogP contribution in [0.4, 0.5) is 0 Å². The molecule has 1 radical (unpaired) electrons. The van der Waals surface area contributed by atoms with Crippen LogP contribution in [0.5, 0.6) is 0 Å². The number of allylic oxidation sites excluding steroid dienone is 4. The average Bonchev–Trinajstić information content (AvgIpc) is 2.44. The topological polar surface area (TPSA) is 28.2 Å². The van der Waals surface area contributed by atoms with Gasteiger partial charge in [-0.3, -0.25) is 6.08 Å². The number of rotatable bonds is 0. The first kappa shape index (κ1) is 18.0. The molecule has 2 nitrogen and oxygen atoms in total. The fourth-order valence-corrected chi connectivity index (χ4v) is 0.340. The molecule has 67 valence electrons. The van der Waals surface area contributed by atoms with Gasteiger partial charge < -0.3 is 10.6 Å². The molecule has 12 heavy (non-hydrogen) atoms. The second kappa shape index (κ2) is 22.5. The Labute approximate surface area is 91.4 Å². The third-order valence-electron chi connectivity index (χ3n) is 0.586. The average molecular weight is 201 g/mol. The van der Waals surface area contributed by atoms with Gasteiger partial charge in [0.25, 0.3) is 0 Å². The summed E-state index contributed by atoms with van der Waals surface area (Å²) in [4.78, 5) is 0. The molecule has 0 bridgehead atoms. The van der Waals surface area contributed by atoms with Crippen LogP contribution in [0.25, 0.3) is 10.6 Å². The van der Waals surface area contributed by atoms with Crippen molar-refractivity contribution in [3.8, 4) is 0 Å². The number of hydrogen-bond acceptors (Lipinski definition) is 0. The van der Waals surface area contributed by atoms with Gasteiger partial charge in [-0.05, 0) is 0 Å². The molecule has 0 N–H and O–H groups in total. The third-order valence-corrected chi connectivity index (χ3v) is 0.586. The quantitative estimate of drug-likeness (QED) is 0.425. The molecule has 0 atom stereocenters. The summed E-state index contributed by atoms with van der Waals surface area (Å²) in [6, 6.07) is 0. The van der Waals surface area contributed by atoms with E-state index >= 15 is 0 Å². The van der Waals surface area contributed by atoms with Crippen LogP contribution >= 0.6 is 0 Å². The van der Waals surface area contributed by atoms with E-state index in [-0.39, 0.29) is 21.7 Å². The Kier molecular flexibility index (Phi) is 33.7. The molecule has 0 unspecified atom stereocenters. The summed E-state index contributed by atoms with van der Waals surface area (Å²) < 4.78 is 0. The van der Waals surface area contributed by atoms with Crippen molar-refractivity contribution in [2.24, 2.45) is 0 Å². The van der Waals surface area contributed by atoms with Gasteiger partial charge in [0.15, 0.2) is 0 Å². The van der Waals surface area contributed by atoms with Crippen LogP contribution in [-0.4, -0.2) is 28.2 Å². The van der Waals surface area contributed by atoms with Gasteiger partial charge in [0.05, 0.1) is 0 Å². The second-order valence-electron chi connectivity index (χ2n) is 1.90. The van der Waals surface area contributed by atoms with Gasteiger partial charge in [-0.1, -0.05) is 0 Å². The summed E-state index contributed by atoms with van der Waals surface area (Å²) in [6.07, 6.45) is 10.0. The van der Waals surface area contributed by atoms with Gasteiger partial charge in [0.1, 0.15) is 0 Å². The monoisotopic (exact) mass is 201 g/mol. The minimum Gasteiger partial charge on any atom is -0.668 e. The summed E-state index contributed by atoms with van der Waals surface area (Å²) in [6.45, 7) is 0. The van der Waals surface area contributed by atoms with E-state index in [4.69, 9.17) is 0 Å². The normalized spacial score (nSPS) is 10.3. The third kappa shape index (κ3) is 32.1. The fourth-order valence-electron chi connectivity index (χ4n) is 0.340. The van der Waals surface area contributed by atoms with E-state index in [0.29, 0.717) is 0 Å². The molecule has 0 fully saturated rings. The first-order valence-electron chi connectivity index (χ1n) is 3.51. The summed E-state index contributed by atoms with van der Waals surface area (Å²) in [7, 11) is 7.00. The molecule has 0 saturated carbocycles. The predicted octanol–water partition coefficient (Wildman–Crippen LogP) is 2.54. The van der Waals surface area contributed by atoms with Crippen molar-refractivity contribution in [1.29, 1.82) is 0 Å². The molecule has 1 aliphatic rings. The van der Waals surface area contributed by atoms with Gasteiger partial charge in [0, 0.05) is 0 Å². The standard InChI is InChI=1S/C5H5.2C2H6N.Ti/c1-2-4-5-3-1;2*1-3-2;/h1-3H,4H2;2*1-2H3;/q3*-1;+3. The smallest absolute Gasteiger partial charge is 0.668 e. The molecule has 0 aromatic carbocycles. The minimum atomic E-state index is 0. The van der Waals surface area contributed by atoms with Crippen LogP contribution in [0.1, 0.15) is 6.42 Å². The van der Waals surface area contributed by atoms with Crippen molar-refractivity contribution in [3.05, 3.63) is 34.9 Å². The SMILES string of the molecule is C[N-]C.C[N-]C.[C-]1=CC=CC1.[Ti+3]. The van der Waals surface area contributed by atoms with Crippen molar-refractivity contribution in [1.82, 2.24) is 0 Å². The summed E-state index contributed by atoms with van der Waals surface area (Å²) in [5, 5.41) is 7.00. The molecule has 0 spiro atoms. The van der Waals surface area contributed by atoms with Gasteiger partial charge in [-0.15, -0.1) is 6.42 Å². The molecule has 0 aromatic rings. The molecule has 0 saturated heterocycles. The largest absolute Gasteiger partial charge is 3.00 e. The Bertz CT molecular complexity index is 88.7. The predicted molar refractivity (Wildman–Crippen MR) is 52.0 cm³/mol. The summed E-state index contributed by atoms with van der Waals surface area (Å²) >= 11 is 0. The van der Waals surface area contributed by atoms with E-state index in [1.165, 1.54) is 0 Å². The van der Waals surface area contributed by atoms with Crippen molar-refractivity contribution in [3.63, 3.8) is 0 Å². The van der Waals surface area contributed by atoms with Crippen LogP contribution in [0.15, 0.2) is 18.2 Å². The maximum Gasteiger partial charge on any atom is 3.00 e. The van der Waals surface area contributed by atoms with E-state index in [0.717, 1.165) is 6.42 Å². The van der Waals surface area contributed by atoms with Gasteiger partial charge in [-0.2, -0.15) is 34.3 Å². The zero-order chi connectivity index (χ0) is 8.95. The van der Waals surface area contributed by atoms with Gasteiger partial charge in [0.2, 0.25) is 0 Å². The Balaban J connectivity index is -0.000000104. The molecule has 0 aliphatic heterocycles. The van der Waals surface area contributed by atoms with Crippen LogP contribution in [0.2, 0.25) is 0 Å². The molecule has 3 heteroatoms. The number of nitrogens with zero attached hydrogens (tertiary/aromatic N) is 2. The van der Waals surface area contributed by atoms with E-state index in [1.54, 1.807) is 28.2 Å². The van der Waals surface area contributed by atoms with E-state index in [2.05, 4.69) is 22.8 Å². The molecule has 1 aliphatic carbocycles. The molecular weight excluding hydrogens is 184 g/mol. The van der Waals surface area contributed by atoms with Crippen molar-refractivity contribution < 1.29 is 21.7 Å². The molecule has 0 aromatic heterocycles. The van der Waals surface area contributed by atoms with E-state index < -0.39 is 0 Å². The molecule has 0 heterocycles. The van der Waals surface area contributed by atoms with Crippen LogP contribution in [0.3, 0.4) is 0 Å². The van der Waals surface area contributed by atoms with E-state index in [9.17, 15) is 0 Å². The first-order valence-corrected chi connectivity index (χ1v) is 3.51. The Morgan fingerprint density at radius 3 is 1.58 bits per heavy atom. The molecule has 0 amide bonds. The van der Waals surface area contributed by atoms with Gasteiger partial charge >= 0.3 is 21.7 Å². The zero-order valence-corrected chi connectivity index (χ0v) is 9.90. The fraction of sp³-hybridized carbons (Fsp3) is 0.556. The van der Waals surface area contributed by atoms with Crippen molar-refractivity contribution >= 4 is 0 Å². The summed E-state index contributed by atoms with van der Waals surface area (Å²) in [5.41, 5.74) is 0. The maximum absolute atomic E-state index is 3.50. The van der Waals surface area contributed by atoms with E-state index in [1.807, 2.05) is 12.2 Å². The molecular formula is C9H17N2Ti. The first-order chi connectivity index (χ1) is 5.33. The Morgan fingerprint density at radius 2 is 1.50 bits per heavy atom. The van der Waals surface area contributed by atoms with Crippen LogP contribution in [0, 0.1) is 6.08 Å². The second-order valence-corrected chi connectivity index (χ2v) is 1.90. The maximum atomic E-state index is 3.50. The number of hydrogen-bond donors (Lipinski definition) is 0. The van der Waals surface area contributed by atoms with Crippen molar-refractivity contribution in [2.45, 2.75) is 6.42 Å². The Morgan fingerprint density at radius 1 is 1.08 bits per heavy atom. The summed E-state index contributed by atoms with van der Waals surface area (Å²) in [5.74, 6) is 0. The van der Waals surface area contributed by atoms with Crippen LogP contribution < -0.4 is 0 Å². The van der Waals surface area contributed by atoms with Crippen LogP contribution in [-0.2, 0) is 21.7 Å². The minimum absolute atomic E-state index is 0. The van der Waals surface area contributed by atoms with Crippen molar-refractivity contribution in [2.75, 3.05) is 28.2 Å². The Hall–Kier alpha value is 0.114. The zero-order valence-electron chi connectivity index (χ0n) is 8.33. The van der Waals surface area contributed by atoms with Gasteiger partial charge in [-0.25, -0.2) is 12.2 Å².